The second-order valence-corrected chi connectivity index (χ2v) is 6.46. The highest BCUT2D eigenvalue weighted by molar-refractivity contribution is 6.64. The Hall–Kier alpha value is -0.0800. The monoisotopic (exact) mass is 234 g/mol. The molecule has 0 aromatic carbocycles. The van der Waals surface area contributed by atoms with Gasteiger partial charge in [0.05, 0.1) is 12.0 Å². The largest absolute Gasteiger partial charge is 0.384 e. The molecular formula is C12H23ClO2. The maximum atomic E-state index is 11.8. The summed E-state index contributed by atoms with van der Waals surface area (Å²) in [4.78, 5) is 11.8. The average Bonchev–Trinajstić information content (AvgIpc) is 1.93. The second kappa shape index (κ2) is 4.42. The van der Waals surface area contributed by atoms with Crippen LogP contribution < -0.4 is 0 Å². The second-order valence-electron chi connectivity index (χ2n) is 6.11. The molecule has 0 aromatic rings. The van der Waals surface area contributed by atoms with Gasteiger partial charge in [0.2, 0.25) is 5.24 Å². The van der Waals surface area contributed by atoms with Crippen molar-refractivity contribution in [2.45, 2.75) is 41.5 Å². The average molecular weight is 235 g/mol. The molecule has 2 nitrogen and oxygen atoms in total. The molecule has 0 saturated carbocycles. The lowest BCUT2D eigenvalue weighted by Crippen LogP contribution is -2.53. The van der Waals surface area contributed by atoms with Gasteiger partial charge in [0.25, 0.3) is 0 Å². The summed E-state index contributed by atoms with van der Waals surface area (Å²) in [6.45, 7) is 12.5. The summed E-state index contributed by atoms with van der Waals surface area (Å²) in [7, 11) is 1.60. The minimum Gasteiger partial charge on any atom is -0.384 e. The number of ether oxygens (including phenoxy) is 1. The number of hydrogen-bond donors (Lipinski definition) is 0. The van der Waals surface area contributed by atoms with E-state index in [2.05, 4.69) is 0 Å². The molecule has 0 spiro atoms. The number of carbonyl (C=O) groups excluding carboxylic acids is 1. The summed E-state index contributed by atoms with van der Waals surface area (Å²) < 4.78 is 5.22. The zero-order chi connectivity index (χ0) is 12.5. The molecule has 0 aliphatic heterocycles. The van der Waals surface area contributed by atoms with Crippen LogP contribution in [0.5, 0.6) is 0 Å². The Balaban J connectivity index is 5.61. The molecule has 0 atom stereocenters. The molecule has 0 radical (unpaired) electrons. The van der Waals surface area contributed by atoms with Crippen molar-refractivity contribution in [2.75, 3.05) is 13.7 Å². The molecule has 0 unspecified atom stereocenters. The summed E-state index contributed by atoms with van der Waals surface area (Å²) in [5, 5.41) is -0.315. The van der Waals surface area contributed by atoms with Gasteiger partial charge in [-0.05, 0) is 22.4 Å². The SMILES string of the molecule is COCC(C(=O)Cl)(C(C)(C)C)C(C)(C)C. The van der Waals surface area contributed by atoms with Crippen molar-refractivity contribution in [1.82, 2.24) is 0 Å². The fourth-order valence-electron chi connectivity index (χ4n) is 2.42. The van der Waals surface area contributed by atoms with Gasteiger partial charge in [-0.3, -0.25) is 4.79 Å². The molecule has 0 amide bonds. The van der Waals surface area contributed by atoms with Gasteiger partial charge < -0.3 is 4.74 Å². The van der Waals surface area contributed by atoms with Gasteiger partial charge >= 0.3 is 0 Å². The highest BCUT2D eigenvalue weighted by Gasteiger charge is 2.55. The smallest absolute Gasteiger partial charge is 0.231 e. The summed E-state index contributed by atoms with van der Waals surface area (Å²) >= 11 is 5.83. The molecule has 0 bridgehead atoms. The lowest BCUT2D eigenvalue weighted by molar-refractivity contribution is -0.146. The van der Waals surface area contributed by atoms with Crippen LogP contribution in [0.3, 0.4) is 0 Å². The third-order valence-corrected chi connectivity index (χ3v) is 3.58. The van der Waals surface area contributed by atoms with E-state index in [1.807, 2.05) is 41.5 Å². The molecule has 0 aliphatic carbocycles. The van der Waals surface area contributed by atoms with Crippen molar-refractivity contribution in [3.8, 4) is 0 Å². The first-order valence-electron chi connectivity index (χ1n) is 5.19. The number of halogens is 1. The van der Waals surface area contributed by atoms with E-state index in [4.69, 9.17) is 16.3 Å². The van der Waals surface area contributed by atoms with Crippen molar-refractivity contribution in [2.24, 2.45) is 16.2 Å². The van der Waals surface area contributed by atoms with Crippen LogP contribution in [0.1, 0.15) is 41.5 Å². The van der Waals surface area contributed by atoms with Gasteiger partial charge in [0, 0.05) is 7.11 Å². The minimum absolute atomic E-state index is 0.236. The van der Waals surface area contributed by atoms with Crippen LogP contribution in [0.4, 0.5) is 0 Å². The summed E-state index contributed by atoms with van der Waals surface area (Å²) in [5.41, 5.74) is -1.14. The van der Waals surface area contributed by atoms with Crippen LogP contribution in [0.2, 0.25) is 0 Å². The Morgan fingerprint density at radius 1 is 1.07 bits per heavy atom. The number of methoxy groups -OCH3 is 1. The van der Waals surface area contributed by atoms with Gasteiger partial charge in [0.1, 0.15) is 0 Å². The Bertz CT molecular complexity index is 219. The predicted molar refractivity (Wildman–Crippen MR) is 64.1 cm³/mol. The topological polar surface area (TPSA) is 26.3 Å². The summed E-state index contributed by atoms with van der Waals surface area (Å²) in [5.74, 6) is 0. The van der Waals surface area contributed by atoms with E-state index in [1.54, 1.807) is 7.11 Å². The standard InChI is InChI=1S/C12H23ClO2/c1-10(2,3)12(8-15-7,9(13)14)11(4,5)6/h8H2,1-7H3. The van der Waals surface area contributed by atoms with E-state index in [-0.39, 0.29) is 16.1 Å². The lowest BCUT2D eigenvalue weighted by atomic mass is 9.55. The quantitative estimate of drug-likeness (QED) is 0.699. The van der Waals surface area contributed by atoms with Crippen molar-refractivity contribution >= 4 is 16.8 Å². The van der Waals surface area contributed by atoms with Gasteiger partial charge in [-0.15, -0.1) is 0 Å². The highest BCUT2D eigenvalue weighted by Crippen LogP contribution is 2.53. The zero-order valence-corrected chi connectivity index (χ0v) is 11.7. The van der Waals surface area contributed by atoms with E-state index < -0.39 is 5.41 Å². The van der Waals surface area contributed by atoms with Gasteiger partial charge in [-0.2, -0.15) is 0 Å². The van der Waals surface area contributed by atoms with E-state index in [0.29, 0.717) is 6.61 Å². The Kier molecular flexibility index (Phi) is 4.40. The Morgan fingerprint density at radius 3 is 1.47 bits per heavy atom. The Morgan fingerprint density at radius 2 is 1.40 bits per heavy atom. The fourth-order valence-corrected chi connectivity index (χ4v) is 3.04. The van der Waals surface area contributed by atoms with Crippen LogP contribution in [0, 0.1) is 16.2 Å². The van der Waals surface area contributed by atoms with E-state index in [9.17, 15) is 4.79 Å². The number of carbonyl (C=O) groups is 1. The zero-order valence-electron chi connectivity index (χ0n) is 10.9. The summed E-state index contributed by atoms with van der Waals surface area (Å²) in [6, 6.07) is 0. The molecule has 0 heterocycles. The van der Waals surface area contributed by atoms with Crippen LogP contribution in [0.25, 0.3) is 0 Å². The minimum atomic E-state index is -0.670. The maximum absolute atomic E-state index is 11.8. The van der Waals surface area contributed by atoms with E-state index in [0.717, 1.165) is 0 Å². The van der Waals surface area contributed by atoms with Gasteiger partial charge in [-0.1, -0.05) is 41.5 Å². The molecule has 0 aromatic heterocycles. The lowest BCUT2D eigenvalue weighted by Gasteiger charge is -2.50. The fraction of sp³-hybridized carbons (Fsp3) is 0.917. The molecular weight excluding hydrogens is 212 g/mol. The molecule has 0 N–H and O–H groups in total. The molecule has 90 valence electrons. The third kappa shape index (κ3) is 2.54. The molecule has 15 heavy (non-hydrogen) atoms. The predicted octanol–water partition coefficient (Wildman–Crippen LogP) is 3.48. The molecule has 0 rings (SSSR count). The van der Waals surface area contributed by atoms with E-state index in [1.165, 1.54) is 0 Å². The van der Waals surface area contributed by atoms with E-state index >= 15 is 0 Å². The summed E-state index contributed by atoms with van der Waals surface area (Å²) in [6.07, 6.45) is 0. The first-order valence-corrected chi connectivity index (χ1v) is 5.57. The van der Waals surface area contributed by atoms with Crippen LogP contribution >= 0.6 is 11.6 Å². The number of hydrogen-bond acceptors (Lipinski definition) is 2. The van der Waals surface area contributed by atoms with Crippen LogP contribution in [-0.4, -0.2) is 19.0 Å². The third-order valence-electron chi connectivity index (χ3n) is 3.26. The van der Waals surface area contributed by atoms with Crippen LogP contribution in [-0.2, 0) is 9.53 Å². The highest BCUT2D eigenvalue weighted by atomic mass is 35.5. The Labute approximate surface area is 98.3 Å². The number of rotatable bonds is 3. The van der Waals surface area contributed by atoms with Crippen molar-refractivity contribution in [1.29, 1.82) is 0 Å². The van der Waals surface area contributed by atoms with Gasteiger partial charge in [-0.25, -0.2) is 0 Å². The van der Waals surface area contributed by atoms with Crippen molar-refractivity contribution in [3.63, 3.8) is 0 Å². The molecule has 0 saturated heterocycles. The first kappa shape index (κ1) is 14.9. The normalized spacial score (nSPS) is 14.1. The molecule has 0 fully saturated rings. The van der Waals surface area contributed by atoms with Crippen molar-refractivity contribution in [3.05, 3.63) is 0 Å². The van der Waals surface area contributed by atoms with Gasteiger partial charge in [0.15, 0.2) is 0 Å². The molecule has 3 heteroatoms. The van der Waals surface area contributed by atoms with Crippen molar-refractivity contribution < 1.29 is 9.53 Å². The van der Waals surface area contributed by atoms with Crippen LogP contribution in [0.15, 0.2) is 0 Å². The maximum Gasteiger partial charge on any atom is 0.231 e. The first-order chi connectivity index (χ1) is 6.50. The molecule has 0 aliphatic rings.